The number of rotatable bonds is 2. The van der Waals surface area contributed by atoms with Crippen molar-refractivity contribution in [2.45, 2.75) is 0 Å². The van der Waals surface area contributed by atoms with Crippen molar-refractivity contribution in [1.82, 2.24) is 4.98 Å². The number of anilines is 3. The van der Waals surface area contributed by atoms with Gasteiger partial charge >= 0.3 is 0 Å². The highest BCUT2D eigenvalue weighted by Crippen LogP contribution is 2.37. The van der Waals surface area contributed by atoms with Crippen LogP contribution in [0.25, 0.3) is 0 Å². The zero-order valence-corrected chi connectivity index (χ0v) is 12.7. The van der Waals surface area contributed by atoms with E-state index >= 15 is 0 Å². The van der Waals surface area contributed by atoms with Gasteiger partial charge in [0.05, 0.1) is 26.4 Å². The summed E-state index contributed by atoms with van der Waals surface area (Å²) in [5, 5.41) is 4.29. The Balaban J connectivity index is 2.37. The van der Waals surface area contributed by atoms with Crippen molar-refractivity contribution in [1.29, 1.82) is 0 Å². The van der Waals surface area contributed by atoms with Crippen LogP contribution in [0.5, 0.6) is 0 Å². The van der Waals surface area contributed by atoms with Gasteiger partial charge in [0.15, 0.2) is 5.82 Å². The Morgan fingerprint density at radius 2 is 1.89 bits per heavy atom. The molecule has 0 bridgehead atoms. The van der Waals surface area contributed by atoms with Gasteiger partial charge in [0.25, 0.3) is 0 Å². The number of nitrogen functional groups attached to an aromatic ring is 1. The van der Waals surface area contributed by atoms with Crippen LogP contribution < -0.4 is 11.1 Å². The van der Waals surface area contributed by atoms with E-state index in [9.17, 15) is 0 Å². The van der Waals surface area contributed by atoms with Crippen LogP contribution in [0.1, 0.15) is 0 Å². The van der Waals surface area contributed by atoms with Gasteiger partial charge in [-0.15, -0.1) is 0 Å². The maximum absolute atomic E-state index is 6.11. The number of hydrogen-bond acceptors (Lipinski definition) is 3. The van der Waals surface area contributed by atoms with Crippen molar-refractivity contribution >= 4 is 67.9 Å². The molecule has 0 aliphatic carbocycles. The number of benzene rings is 1. The highest BCUT2D eigenvalue weighted by atomic mass is 79.9. The van der Waals surface area contributed by atoms with Crippen LogP contribution in [0.4, 0.5) is 17.2 Å². The summed E-state index contributed by atoms with van der Waals surface area (Å²) in [6.07, 6.45) is 1.49. The second-order valence-corrected chi connectivity index (χ2v) is 5.49. The van der Waals surface area contributed by atoms with E-state index in [1.54, 1.807) is 18.2 Å². The second-order valence-electron chi connectivity index (χ2n) is 3.44. The van der Waals surface area contributed by atoms with Gasteiger partial charge in [0.1, 0.15) is 0 Å². The van der Waals surface area contributed by atoms with Gasteiger partial charge in [-0.05, 0) is 34.1 Å². The van der Waals surface area contributed by atoms with Crippen molar-refractivity contribution in [2.24, 2.45) is 0 Å². The molecule has 0 amide bonds. The highest BCUT2D eigenvalue weighted by Gasteiger charge is 2.10. The molecule has 1 aromatic heterocycles. The summed E-state index contributed by atoms with van der Waals surface area (Å²) in [7, 11) is 0. The molecule has 2 rings (SSSR count). The van der Waals surface area contributed by atoms with Gasteiger partial charge in [0.2, 0.25) is 0 Å². The molecule has 0 radical (unpaired) electrons. The van der Waals surface area contributed by atoms with E-state index < -0.39 is 0 Å². The fourth-order valence-electron chi connectivity index (χ4n) is 1.31. The summed E-state index contributed by atoms with van der Waals surface area (Å²) >= 11 is 21.2. The summed E-state index contributed by atoms with van der Waals surface area (Å²) in [5.41, 5.74) is 6.84. The molecular formula is C11H7BrCl3N3. The highest BCUT2D eigenvalue weighted by molar-refractivity contribution is 9.10. The molecule has 0 aliphatic heterocycles. The van der Waals surface area contributed by atoms with Crippen molar-refractivity contribution in [2.75, 3.05) is 11.1 Å². The van der Waals surface area contributed by atoms with E-state index in [0.717, 1.165) is 4.47 Å². The first-order chi connectivity index (χ1) is 8.49. The average molecular weight is 367 g/mol. The third-order valence-electron chi connectivity index (χ3n) is 2.17. The maximum atomic E-state index is 6.11. The summed E-state index contributed by atoms with van der Waals surface area (Å²) in [6, 6.07) is 5.15. The molecule has 0 aliphatic rings. The van der Waals surface area contributed by atoms with Crippen LogP contribution >= 0.6 is 50.7 Å². The minimum atomic E-state index is 0.391. The van der Waals surface area contributed by atoms with Gasteiger partial charge in [0, 0.05) is 10.7 Å². The smallest absolute Gasteiger partial charge is 0.153 e. The molecule has 3 nitrogen and oxygen atoms in total. The monoisotopic (exact) mass is 365 g/mol. The lowest BCUT2D eigenvalue weighted by Crippen LogP contribution is -1.99. The van der Waals surface area contributed by atoms with Crippen LogP contribution in [0, 0.1) is 0 Å². The number of nitrogens with zero attached hydrogens (tertiary/aromatic N) is 1. The van der Waals surface area contributed by atoms with E-state index in [1.165, 1.54) is 6.20 Å². The van der Waals surface area contributed by atoms with E-state index in [2.05, 4.69) is 26.2 Å². The van der Waals surface area contributed by atoms with E-state index in [1.807, 2.05) is 0 Å². The predicted octanol–water partition coefficient (Wildman–Crippen LogP) is 5.13. The van der Waals surface area contributed by atoms with Crippen molar-refractivity contribution in [3.05, 3.63) is 43.9 Å². The molecule has 1 aromatic carbocycles. The largest absolute Gasteiger partial charge is 0.396 e. The SMILES string of the molecule is Nc1cc(Cl)cnc1Nc1ccc(Br)c(Cl)c1Cl. The lowest BCUT2D eigenvalue weighted by atomic mass is 10.3. The first kappa shape index (κ1) is 13.7. The summed E-state index contributed by atoms with van der Waals surface area (Å²) in [5.74, 6) is 0.472. The third kappa shape index (κ3) is 2.83. The topological polar surface area (TPSA) is 50.9 Å². The van der Waals surface area contributed by atoms with Gasteiger partial charge < -0.3 is 11.1 Å². The number of nitrogens with one attached hydrogen (secondary N) is 1. The molecule has 2 aromatic rings. The molecular weight excluding hydrogens is 360 g/mol. The van der Waals surface area contributed by atoms with Gasteiger partial charge in [-0.2, -0.15) is 0 Å². The lowest BCUT2D eigenvalue weighted by Gasteiger charge is -2.11. The zero-order valence-electron chi connectivity index (χ0n) is 8.85. The summed E-state index contributed by atoms with van der Waals surface area (Å²) < 4.78 is 0.719. The Bertz CT molecular complexity index is 604. The Hall–Kier alpha value is -0.680. The Labute approximate surface area is 127 Å². The van der Waals surface area contributed by atoms with Gasteiger partial charge in [-0.1, -0.05) is 34.8 Å². The van der Waals surface area contributed by atoms with Crippen LogP contribution in [0.15, 0.2) is 28.9 Å². The fourth-order valence-corrected chi connectivity index (χ4v) is 2.30. The van der Waals surface area contributed by atoms with Crippen molar-refractivity contribution in [3.63, 3.8) is 0 Å². The average Bonchev–Trinajstić information content (AvgIpc) is 2.33. The minimum absolute atomic E-state index is 0.391. The molecule has 0 fully saturated rings. The Morgan fingerprint density at radius 3 is 2.56 bits per heavy atom. The summed E-state index contributed by atoms with van der Waals surface area (Å²) in [6.45, 7) is 0. The fraction of sp³-hybridized carbons (Fsp3) is 0. The van der Waals surface area contributed by atoms with Crippen molar-refractivity contribution < 1.29 is 0 Å². The third-order valence-corrected chi connectivity index (χ3v) is 4.15. The molecule has 0 unspecified atom stereocenters. The Morgan fingerprint density at radius 1 is 1.17 bits per heavy atom. The molecule has 3 N–H and O–H groups in total. The van der Waals surface area contributed by atoms with Gasteiger partial charge in [-0.3, -0.25) is 0 Å². The first-order valence-corrected chi connectivity index (χ1v) is 6.73. The van der Waals surface area contributed by atoms with E-state index in [-0.39, 0.29) is 0 Å². The molecule has 7 heteroatoms. The molecule has 0 saturated heterocycles. The number of nitrogens with two attached hydrogens (primary N) is 1. The van der Waals surface area contributed by atoms with Crippen LogP contribution in [0.2, 0.25) is 15.1 Å². The number of hydrogen-bond donors (Lipinski definition) is 2. The van der Waals surface area contributed by atoms with E-state index in [0.29, 0.717) is 32.3 Å². The standard InChI is InChI=1S/C11H7BrCl3N3/c12-6-1-2-8(10(15)9(6)14)18-11-7(16)3-5(13)4-17-11/h1-4H,16H2,(H,17,18). The number of halogens is 4. The zero-order chi connectivity index (χ0) is 13.3. The van der Waals surface area contributed by atoms with Crippen LogP contribution in [-0.2, 0) is 0 Å². The lowest BCUT2D eigenvalue weighted by molar-refractivity contribution is 1.31. The maximum Gasteiger partial charge on any atom is 0.153 e. The molecule has 0 atom stereocenters. The number of aromatic nitrogens is 1. The van der Waals surface area contributed by atoms with E-state index in [4.69, 9.17) is 40.5 Å². The second kappa shape index (κ2) is 5.53. The first-order valence-electron chi connectivity index (χ1n) is 4.80. The molecule has 94 valence electrons. The van der Waals surface area contributed by atoms with Gasteiger partial charge in [-0.25, -0.2) is 4.98 Å². The number of pyridine rings is 1. The Kier molecular flexibility index (Phi) is 4.22. The molecule has 1 heterocycles. The van der Waals surface area contributed by atoms with Crippen molar-refractivity contribution in [3.8, 4) is 0 Å². The molecule has 0 spiro atoms. The van der Waals surface area contributed by atoms with Crippen LogP contribution in [-0.4, -0.2) is 4.98 Å². The normalized spacial score (nSPS) is 10.4. The summed E-state index contributed by atoms with van der Waals surface area (Å²) in [4.78, 5) is 4.08. The molecule has 18 heavy (non-hydrogen) atoms. The molecule has 0 saturated carbocycles. The minimum Gasteiger partial charge on any atom is -0.396 e. The predicted molar refractivity (Wildman–Crippen MR) is 81.1 cm³/mol. The van der Waals surface area contributed by atoms with Crippen LogP contribution in [0.3, 0.4) is 0 Å². The quantitative estimate of drug-likeness (QED) is 0.724.